The number of nitrogens with one attached hydrogen (secondary N) is 2. The first-order valence-electron chi connectivity index (χ1n) is 4.98. The molecule has 18 heavy (non-hydrogen) atoms. The van der Waals surface area contributed by atoms with Crippen LogP contribution in [0.1, 0.15) is 16.2 Å². The SMILES string of the molecule is Cc1nsc(NC(=O)c2cccc(F)c2NN)n1. The third kappa shape index (κ3) is 2.44. The maximum Gasteiger partial charge on any atom is 0.259 e. The number of rotatable bonds is 3. The van der Waals surface area contributed by atoms with Gasteiger partial charge in [0.05, 0.1) is 11.3 Å². The largest absolute Gasteiger partial charge is 0.321 e. The van der Waals surface area contributed by atoms with Gasteiger partial charge in [0.1, 0.15) is 11.6 Å². The van der Waals surface area contributed by atoms with E-state index in [2.05, 4.69) is 20.1 Å². The van der Waals surface area contributed by atoms with Crippen molar-refractivity contribution in [3.63, 3.8) is 0 Å². The van der Waals surface area contributed by atoms with Crippen molar-refractivity contribution in [3.8, 4) is 0 Å². The normalized spacial score (nSPS) is 10.2. The summed E-state index contributed by atoms with van der Waals surface area (Å²) in [6, 6.07) is 4.10. The molecule has 0 aliphatic rings. The molecule has 0 unspecified atom stereocenters. The second-order valence-electron chi connectivity index (χ2n) is 3.41. The highest BCUT2D eigenvalue weighted by molar-refractivity contribution is 7.09. The Labute approximate surface area is 106 Å². The molecule has 1 aromatic carbocycles. The van der Waals surface area contributed by atoms with Gasteiger partial charge < -0.3 is 5.43 Å². The smallest absolute Gasteiger partial charge is 0.259 e. The van der Waals surface area contributed by atoms with Gasteiger partial charge in [0, 0.05) is 11.5 Å². The number of carbonyl (C=O) groups is 1. The van der Waals surface area contributed by atoms with Gasteiger partial charge >= 0.3 is 0 Å². The van der Waals surface area contributed by atoms with E-state index in [0.29, 0.717) is 11.0 Å². The Morgan fingerprint density at radius 1 is 1.50 bits per heavy atom. The minimum atomic E-state index is -0.599. The van der Waals surface area contributed by atoms with Crippen molar-refractivity contribution in [2.24, 2.45) is 5.84 Å². The number of aromatic nitrogens is 2. The van der Waals surface area contributed by atoms with Crippen LogP contribution in [-0.4, -0.2) is 15.3 Å². The molecule has 2 aromatic rings. The van der Waals surface area contributed by atoms with Crippen molar-refractivity contribution in [1.82, 2.24) is 9.36 Å². The number of nitrogens with zero attached hydrogens (tertiary/aromatic N) is 2. The van der Waals surface area contributed by atoms with E-state index in [4.69, 9.17) is 5.84 Å². The summed E-state index contributed by atoms with van der Waals surface area (Å²) < 4.78 is 17.3. The summed E-state index contributed by atoms with van der Waals surface area (Å²) in [5, 5.41) is 2.88. The first-order chi connectivity index (χ1) is 8.61. The van der Waals surface area contributed by atoms with Gasteiger partial charge in [-0.3, -0.25) is 16.0 Å². The second-order valence-corrected chi connectivity index (χ2v) is 4.16. The maximum absolute atomic E-state index is 13.4. The molecule has 0 saturated heterocycles. The van der Waals surface area contributed by atoms with Crippen LogP contribution in [0.4, 0.5) is 15.2 Å². The Morgan fingerprint density at radius 2 is 2.28 bits per heavy atom. The summed E-state index contributed by atoms with van der Waals surface area (Å²) in [5.74, 6) is 4.65. The van der Waals surface area contributed by atoms with Crippen LogP contribution in [0.15, 0.2) is 18.2 Å². The first-order valence-corrected chi connectivity index (χ1v) is 5.76. The first kappa shape index (κ1) is 12.4. The number of halogens is 1. The van der Waals surface area contributed by atoms with Crippen molar-refractivity contribution in [2.75, 3.05) is 10.7 Å². The molecule has 6 nitrogen and oxygen atoms in total. The van der Waals surface area contributed by atoms with E-state index < -0.39 is 11.7 Å². The fourth-order valence-electron chi connectivity index (χ4n) is 1.37. The monoisotopic (exact) mass is 267 g/mol. The van der Waals surface area contributed by atoms with E-state index in [1.54, 1.807) is 6.92 Å². The molecular formula is C10H10FN5OS. The summed E-state index contributed by atoms with van der Waals surface area (Å²) in [6.45, 7) is 1.71. The third-order valence-electron chi connectivity index (χ3n) is 2.15. The molecule has 0 spiro atoms. The van der Waals surface area contributed by atoms with E-state index in [9.17, 15) is 9.18 Å². The van der Waals surface area contributed by atoms with Crippen molar-refractivity contribution in [3.05, 3.63) is 35.4 Å². The van der Waals surface area contributed by atoms with Crippen LogP contribution in [0.3, 0.4) is 0 Å². The summed E-state index contributed by atoms with van der Waals surface area (Å²) in [4.78, 5) is 15.9. The minimum absolute atomic E-state index is 0.0590. The molecule has 0 aliphatic heterocycles. The molecule has 94 valence electrons. The predicted molar refractivity (Wildman–Crippen MR) is 66.8 cm³/mol. The highest BCUT2D eigenvalue weighted by atomic mass is 32.1. The molecule has 0 aliphatic carbocycles. The molecule has 0 atom stereocenters. The lowest BCUT2D eigenvalue weighted by Crippen LogP contribution is -2.18. The van der Waals surface area contributed by atoms with Gasteiger partial charge in [-0.15, -0.1) is 0 Å². The second kappa shape index (κ2) is 5.07. The van der Waals surface area contributed by atoms with Gasteiger partial charge in [0.25, 0.3) is 5.91 Å². The highest BCUT2D eigenvalue weighted by Gasteiger charge is 2.15. The molecule has 8 heteroatoms. The number of amides is 1. The van der Waals surface area contributed by atoms with Crippen molar-refractivity contribution >= 4 is 28.3 Å². The topological polar surface area (TPSA) is 92.9 Å². The maximum atomic E-state index is 13.4. The molecule has 0 fully saturated rings. The zero-order valence-electron chi connectivity index (χ0n) is 9.40. The van der Waals surface area contributed by atoms with E-state index >= 15 is 0 Å². The molecule has 1 aromatic heterocycles. The van der Waals surface area contributed by atoms with Gasteiger partial charge in [-0.2, -0.15) is 4.37 Å². The average molecular weight is 267 g/mol. The lowest BCUT2D eigenvalue weighted by atomic mass is 10.1. The quantitative estimate of drug-likeness (QED) is 0.579. The zero-order chi connectivity index (χ0) is 13.1. The van der Waals surface area contributed by atoms with Gasteiger partial charge in [-0.25, -0.2) is 9.37 Å². The Morgan fingerprint density at radius 3 is 2.89 bits per heavy atom. The molecule has 1 amide bonds. The molecule has 0 radical (unpaired) electrons. The standard InChI is InChI=1S/C10H10FN5OS/c1-5-13-10(18-16-5)14-9(17)6-3-2-4-7(11)8(6)15-12/h2-4,15H,12H2,1H3,(H,13,14,16,17). The number of benzene rings is 1. The van der Waals surface area contributed by atoms with Crippen LogP contribution in [0.5, 0.6) is 0 Å². The zero-order valence-corrected chi connectivity index (χ0v) is 10.2. The Hall–Kier alpha value is -2.06. The number of aryl methyl sites for hydroxylation is 1. The van der Waals surface area contributed by atoms with Crippen LogP contribution >= 0.6 is 11.5 Å². The van der Waals surface area contributed by atoms with Crippen LogP contribution < -0.4 is 16.6 Å². The van der Waals surface area contributed by atoms with E-state index in [0.717, 1.165) is 11.5 Å². The highest BCUT2D eigenvalue weighted by Crippen LogP contribution is 2.20. The summed E-state index contributed by atoms with van der Waals surface area (Å²) >= 11 is 1.05. The minimum Gasteiger partial charge on any atom is -0.321 e. The molecule has 4 N–H and O–H groups in total. The van der Waals surface area contributed by atoms with Crippen LogP contribution in [0, 0.1) is 12.7 Å². The van der Waals surface area contributed by atoms with Gasteiger partial charge in [-0.1, -0.05) is 6.07 Å². The van der Waals surface area contributed by atoms with Crippen LogP contribution in [0.2, 0.25) is 0 Å². The Kier molecular flexibility index (Phi) is 3.49. The lowest BCUT2D eigenvalue weighted by Gasteiger charge is -2.08. The van der Waals surface area contributed by atoms with Crippen molar-refractivity contribution in [2.45, 2.75) is 6.92 Å². The van der Waals surface area contributed by atoms with Crippen LogP contribution in [0.25, 0.3) is 0 Å². The number of hydrazine groups is 1. The van der Waals surface area contributed by atoms with Gasteiger partial charge in [-0.05, 0) is 19.1 Å². The van der Waals surface area contributed by atoms with Gasteiger partial charge in [0.2, 0.25) is 5.13 Å². The fourth-order valence-corrected chi connectivity index (χ4v) is 1.94. The predicted octanol–water partition coefficient (Wildman–Crippen LogP) is 1.52. The van der Waals surface area contributed by atoms with Crippen molar-refractivity contribution in [1.29, 1.82) is 0 Å². The molecule has 0 saturated carbocycles. The number of hydrogen-bond donors (Lipinski definition) is 3. The summed E-state index contributed by atoms with van der Waals surface area (Å²) in [7, 11) is 0. The van der Waals surface area contributed by atoms with E-state index in [-0.39, 0.29) is 11.3 Å². The summed E-state index contributed by atoms with van der Waals surface area (Å²) in [5.41, 5.74) is 2.21. The van der Waals surface area contributed by atoms with Gasteiger partial charge in [0.15, 0.2) is 0 Å². The Balaban J connectivity index is 2.26. The number of hydrogen-bond acceptors (Lipinski definition) is 6. The summed E-state index contributed by atoms with van der Waals surface area (Å²) in [6.07, 6.45) is 0. The number of nitrogen functional groups attached to an aromatic ring is 1. The number of carbonyl (C=O) groups excluding carboxylic acids is 1. The fraction of sp³-hybridized carbons (Fsp3) is 0.100. The van der Waals surface area contributed by atoms with Crippen molar-refractivity contribution < 1.29 is 9.18 Å². The molecule has 0 bridgehead atoms. The number of nitrogens with two attached hydrogens (primary N) is 1. The Bertz CT molecular complexity index is 585. The third-order valence-corrected chi connectivity index (χ3v) is 2.87. The van der Waals surface area contributed by atoms with E-state index in [1.807, 2.05) is 0 Å². The lowest BCUT2D eigenvalue weighted by molar-refractivity contribution is 0.102. The number of anilines is 2. The average Bonchev–Trinajstić information content (AvgIpc) is 2.74. The number of para-hydroxylation sites is 1. The molecular weight excluding hydrogens is 257 g/mol. The molecule has 2 rings (SSSR count). The van der Waals surface area contributed by atoms with E-state index in [1.165, 1.54) is 18.2 Å². The van der Waals surface area contributed by atoms with Crippen LogP contribution in [-0.2, 0) is 0 Å². The molecule has 1 heterocycles.